The predicted octanol–water partition coefficient (Wildman–Crippen LogP) is 0.944. The minimum atomic E-state index is 0.156. The lowest BCUT2D eigenvalue weighted by Gasteiger charge is -2.21. The first-order chi connectivity index (χ1) is 9.34. The first kappa shape index (κ1) is 14.4. The first-order valence-corrected chi connectivity index (χ1v) is 7.97. The monoisotopic (exact) mass is 282 g/mol. The summed E-state index contributed by atoms with van der Waals surface area (Å²) in [6, 6.07) is 0. The number of aryl methyl sites for hydroxylation is 1. The molecule has 1 fully saturated rings. The number of piperidine rings is 1. The third kappa shape index (κ3) is 5.65. The second-order valence-corrected chi connectivity index (χ2v) is 6.04. The average Bonchev–Trinajstić information content (AvgIpc) is 2.96. The fourth-order valence-corrected chi connectivity index (χ4v) is 3.18. The predicted molar refractivity (Wildman–Crippen MR) is 78.3 cm³/mol. The molecular formula is C13H22N4OS. The number of aromatic amines is 1. The summed E-state index contributed by atoms with van der Waals surface area (Å²) in [7, 11) is 0. The Morgan fingerprint density at radius 3 is 3.05 bits per heavy atom. The summed E-state index contributed by atoms with van der Waals surface area (Å²) in [6.45, 7) is 2.90. The summed E-state index contributed by atoms with van der Waals surface area (Å²) in [5.41, 5.74) is 0. The number of carbonyl (C=O) groups excluding carboxylic acids is 1. The molecule has 3 N–H and O–H groups in total. The summed E-state index contributed by atoms with van der Waals surface area (Å²) >= 11 is 1.79. The normalized spacial score (nSPS) is 16.4. The molecule has 106 valence electrons. The van der Waals surface area contributed by atoms with Crippen LogP contribution in [0.2, 0.25) is 0 Å². The molecule has 0 aromatic carbocycles. The SMILES string of the molecule is O=C(CSC1CCNCC1)NCCCc1ncc[nH]1. The topological polar surface area (TPSA) is 69.8 Å². The van der Waals surface area contributed by atoms with Crippen molar-refractivity contribution in [3.05, 3.63) is 18.2 Å². The molecule has 5 nitrogen and oxygen atoms in total. The molecule has 0 bridgehead atoms. The number of nitrogens with zero attached hydrogens (tertiary/aromatic N) is 1. The molecule has 0 saturated carbocycles. The molecule has 0 atom stereocenters. The molecule has 0 spiro atoms. The van der Waals surface area contributed by atoms with Crippen LogP contribution in [0.1, 0.15) is 25.1 Å². The van der Waals surface area contributed by atoms with E-state index in [9.17, 15) is 4.79 Å². The van der Waals surface area contributed by atoms with E-state index >= 15 is 0 Å². The molecule has 6 heteroatoms. The van der Waals surface area contributed by atoms with Crippen molar-refractivity contribution in [2.75, 3.05) is 25.4 Å². The highest BCUT2D eigenvalue weighted by atomic mass is 32.2. The second kappa shape index (κ2) is 8.22. The van der Waals surface area contributed by atoms with Gasteiger partial charge in [-0.25, -0.2) is 4.98 Å². The molecule has 2 rings (SSSR count). The van der Waals surface area contributed by atoms with Gasteiger partial charge in [0.2, 0.25) is 5.91 Å². The third-order valence-corrected chi connectivity index (χ3v) is 4.58. The Bertz CT molecular complexity index is 363. The van der Waals surface area contributed by atoms with Gasteiger partial charge in [-0.1, -0.05) is 0 Å². The Hall–Kier alpha value is -1.01. The molecule has 2 heterocycles. The highest BCUT2D eigenvalue weighted by molar-refractivity contribution is 8.00. The number of thioether (sulfide) groups is 1. The van der Waals surface area contributed by atoms with Crippen molar-refractivity contribution >= 4 is 17.7 Å². The maximum absolute atomic E-state index is 11.7. The maximum Gasteiger partial charge on any atom is 0.230 e. The molecule has 1 saturated heterocycles. The molecule has 1 amide bonds. The number of aromatic nitrogens is 2. The van der Waals surface area contributed by atoms with Crippen LogP contribution in [0.5, 0.6) is 0 Å². The number of H-pyrrole nitrogens is 1. The van der Waals surface area contributed by atoms with Crippen molar-refractivity contribution in [1.29, 1.82) is 0 Å². The van der Waals surface area contributed by atoms with Gasteiger partial charge in [0.15, 0.2) is 0 Å². The van der Waals surface area contributed by atoms with E-state index in [1.807, 2.05) is 6.20 Å². The van der Waals surface area contributed by atoms with E-state index in [0.29, 0.717) is 11.0 Å². The van der Waals surface area contributed by atoms with Crippen molar-refractivity contribution in [1.82, 2.24) is 20.6 Å². The zero-order chi connectivity index (χ0) is 13.3. The van der Waals surface area contributed by atoms with Gasteiger partial charge in [0.25, 0.3) is 0 Å². The Morgan fingerprint density at radius 2 is 2.32 bits per heavy atom. The van der Waals surface area contributed by atoms with Gasteiger partial charge in [-0.05, 0) is 32.4 Å². The largest absolute Gasteiger partial charge is 0.355 e. The van der Waals surface area contributed by atoms with E-state index in [4.69, 9.17) is 0 Å². The Balaban J connectivity index is 1.49. The lowest BCUT2D eigenvalue weighted by molar-refractivity contribution is -0.118. The molecule has 0 aliphatic carbocycles. The highest BCUT2D eigenvalue weighted by Crippen LogP contribution is 2.19. The molecule has 1 aliphatic heterocycles. The van der Waals surface area contributed by atoms with Gasteiger partial charge in [0.05, 0.1) is 5.75 Å². The molecule has 0 unspecified atom stereocenters. The van der Waals surface area contributed by atoms with Crippen LogP contribution in [0.3, 0.4) is 0 Å². The average molecular weight is 282 g/mol. The van der Waals surface area contributed by atoms with Crippen molar-refractivity contribution in [3.63, 3.8) is 0 Å². The zero-order valence-corrected chi connectivity index (χ0v) is 12.0. The van der Waals surface area contributed by atoms with E-state index < -0.39 is 0 Å². The number of nitrogens with one attached hydrogen (secondary N) is 3. The third-order valence-electron chi connectivity index (χ3n) is 3.20. The van der Waals surface area contributed by atoms with E-state index in [2.05, 4.69) is 20.6 Å². The van der Waals surface area contributed by atoms with Gasteiger partial charge >= 0.3 is 0 Å². The number of hydrogen-bond acceptors (Lipinski definition) is 4. The zero-order valence-electron chi connectivity index (χ0n) is 11.2. The fraction of sp³-hybridized carbons (Fsp3) is 0.692. The van der Waals surface area contributed by atoms with Crippen molar-refractivity contribution < 1.29 is 4.79 Å². The van der Waals surface area contributed by atoms with Crippen LogP contribution in [0.15, 0.2) is 12.4 Å². The smallest absolute Gasteiger partial charge is 0.230 e. The number of hydrogen-bond donors (Lipinski definition) is 3. The van der Waals surface area contributed by atoms with Crippen LogP contribution in [0.4, 0.5) is 0 Å². The van der Waals surface area contributed by atoms with Crippen molar-refractivity contribution in [2.45, 2.75) is 30.9 Å². The van der Waals surface area contributed by atoms with E-state index in [1.54, 1.807) is 18.0 Å². The second-order valence-electron chi connectivity index (χ2n) is 4.75. The minimum Gasteiger partial charge on any atom is -0.355 e. The van der Waals surface area contributed by atoms with Gasteiger partial charge in [0, 0.05) is 30.6 Å². The van der Waals surface area contributed by atoms with Gasteiger partial charge in [-0.3, -0.25) is 4.79 Å². The number of rotatable bonds is 7. The number of carbonyl (C=O) groups is 1. The lowest BCUT2D eigenvalue weighted by Crippen LogP contribution is -2.31. The molecule has 0 radical (unpaired) electrons. The Kier molecular flexibility index (Phi) is 6.23. The Labute approximate surface area is 118 Å². The number of amides is 1. The van der Waals surface area contributed by atoms with E-state index in [0.717, 1.165) is 38.3 Å². The maximum atomic E-state index is 11.7. The van der Waals surface area contributed by atoms with Crippen LogP contribution < -0.4 is 10.6 Å². The van der Waals surface area contributed by atoms with Gasteiger partial charge in [0.1, 0.15) is 5.82 Å². The van der Waals surface area contributed by atoms with Gasteiger partial charge in [-0.15, -0.1) is 11.8 Å². The molecule has 1 aliphatic rings. The van der Waals surface area contributed by atoms with E-state index in [-0.39, 0.29) is 5.91 Å². The first-order valence-electron chi connectivity index (χ1n) is 6.92. The lowest BCUT2D eigenvalue weighted by atomic mass is 10.2. The molecule has 1 aromatic heterocycles. The molecule has 1 aromatic rings. The van der Waals surface area contributed by atoms with E-state index in [1.165, 1.54) is 12.8 Å². The van der Waals surface area contributed by atoms with Crippen LogP contribution >= 0.6 is 11.8 Å². The van der Waals surface area contributed by atoms with Crippen molar-refractivity contribution in [2.24, 2.45) is 0 Å². The minimum absolute atomic E-state index is 0.156. The fourth-order valence-electron chi connectivity index (χ4n) is 2.13. The summed E-state index contributed by atoms with van der Waals surface area (Å²) in [5.74, 6) is 1.73. The van der Waals surface area contributed by atoms with Crippen LogP contribution in [0, 0.1) is 0 Å². The van der Waals surface area contributed by atoms with Crippen LogP contribution in [-0.4, -0.2) is 46.5 Å². The molecule has 19 heavy (non-hydrogen) atoms. The summed E-state index contributed by atoms with van der Waals surface area (Å²) in [6.07, 6.45) is 7.74. The summed E-state index contributed by atoms with van der Waals surface area (Å²) in [4.78, 5) is 18.9. The molecular weight excluding hydrogens is 260 g/mol. The van der Waals surface area contributed by atoms with Gasteiger partial charge < -0.3 is 15.6 Å². The summed E-state index contributed by atoms with van der Waals surface area (Å²) < 4.78 is 0. The van der Waals surface area contributed by atoms with Crippen LogP contribution in [-0.2, 0) is 11.2 Å². The quantitative estimate of drug-likeness (QED) is 0.651. The highest BCUT2D eigenvalue weighted by Gasteiger charge is 2.14. The van der Waals surface area contributed by atoms with Gasteiger partial charge in [-0.2, -0.15) is 0 Å². The summed E-state index contributed by atoms with van der Waals surface area (Å²) in [5, 5.41) is 6.95. The van der Waals surface area contributed by atoms with Crippen molar-refractivity contribution in [3.8, 4) is 0 Å². The Morgan fingerprint density at radius 1 is 1.47 bits per heavy atom. The van der Waals surface area contributed by atoms with Crippen LogP contribution in [0.25, 0.3) is 0 Å². The number of imidazole rings is 1. The standard InChI is InChI=1S/C13H22N4OS/c18-13(10-19-11-3-6-14-7-4-11)17-5-1-2-12-15-8-9-16-12/h8-9,11,14H,1-7,10H2,(H,15,16)(H,17,18).